The van der Waals surface area contributed by atoms with Gasteiger partial charge in [0.2, 0.25) is 0 Å². The van der Waals surface area contributed by atoms with E-state index in [0.717, 1.165) is 5.57 Å². The van der Waals surface area contributed by atoms with Crippen molar-refractivity contribution in [1.29, 1.82) is 0 Å². The van der Waals surface area contributed by atoms with Gasteiger partial charge in [0.05, 0.1) is 6.04 Å². The molecule has 0 amide bonds. The first kappa shape index (κ1) is 14.4. The molecule has 2 aliphatic heterocycles. The van der Waals surface area contributed by atoms with Gasteiger partial charge in [-0.25, -0.2) is 0 Å². The molecule has 114 valence electrons. The summed E-state index contributed by atoms with van der Waals surface area (Å²) in [6.45, 7) is 3.57. The van der Waals surface area contributed by atoms with Gasteiger partial charge in [0.25, 0.3) is 0 Å². The van der Waals surface area contributed by atoms with Crippen molar-refractivity contribution in [1.82, 2.24) is 4.90 Å². The van der Waals surface area contributed by atoms with Gasteiger partial charge in [-0.05, 0) is 44.8 Å². The van der Waals surface area contributed by atoms with Crippen molar-refractivity contribution in [2.24, 2.45) is 5.92 Å². The first-order valence-electron chi connectivity index (χ1n) is 7.53. The highest BCUT2D eigenvalue weighted by atomic mass is 16.4. The van der Waals surface area contributed by atoms with Crippen LogP contribution in [-0.4, -0.2) is 44.0 Å². The molecule has 3 rings (SSSR count). The van der Waals surface area contributed by atoms with E-state index in [0.29, 0.717) is 5.92 Å². The molecule has 1 unspecified atom stereocenters. The largest absolute Gasteiger partial charge is 0.510 e. The van der Waals surface area contributed by atoms with Crippen molar-refractivity contribution >= 4 is 0 Å². The fraction of sp³-hybridized carbons (Fsp3) is 0.529. The summed E-state index contributed by atoms with van der Waals surface area (Å²) in [5.74, 6) is 0.795. The maximum atomic E-state index is 10.6. The highest BCUT2D eigenvalue weighted by Crippen LogP contribution is 2.39. The van der Waals surface area contributed by atoms with E-state index in [1.165, 1.54) is 12.8 Å². The Morgan fingerprint density at radius 1 is 1.43 bits per heavy atom. The molecule has 3 aliphatic rings. The van der Waals surface area contributed by atoms with Crippen LogP contribution >= 0.6 is 0 Å². The maximum Gasteiger partial charge on any atom is 0.118 e. The van der Waals surface area contributed by atoms with Gasteiger partial charge in [0, 0.05) is 6.20 Å². The van der Waals surface area contributed by atoms with Crippen molar-refractivity contribution in [2.75, 3.05) is 0 Å². The summed E-state index contributed by atoms with van der Waals surface area (Å²) in [5, 5.41) is 31.1. The summed E-state index contributed by atoms with van der Waals surface area (Å²) in [5.41, 5.74) is -0.322. The second-order valence-electron chi connectivity index (χ2n) is 6.55. The maximum absolute atomic E-state index is 10.6. The monoisotopic (exact) mass is 289 g/mol. The van der Waals surface area contributed by atoms with Crippen LogP contribution in [0.1, 0.15) is 26.7 Å². The normalized spacial score (nSPS) is 39.8. The van der Waals surface area contributed by atoms with Crippen LogP contribution in [0.5, 0.6) is 0 Å². The average Bonchev–Trinajstić information content (AvgIpc) is 3.22. The average molecular weight is 289 g/mol. The molecule has 1 saturated heterocycles. The lowest BCUT2D eigenvalue weighted by Gasteiger charge is -2.32. The molecule has 0 aromatic rings. The lowest BCUT2D eigenvalue weighted by Crippen LogP contribution is -2.47. The molecular formula is C17H23NO3. The number of aliphatic hydroxyl groups excluding tert-OH is 2. The van der Waals surface area contributed by atoms with Gasteiger partial charge in [-0.1, -0.05) is 23.8 Å². The second kappa shape index (κ2) is 5.04. The molecule has 3 N–H and O–H groups in total. The van der Waals surface area contributed by atoms with Gasteiger partial charge in [-0.2, -0.15) is 0 Å². The smallest absolute Gasteiger partial charge is 0.118 e. The SMILES string of the molecule is CC(/C=C/C1CC1)=C\[C@H]1[C@H](O)[C@@](C)(O)C2C(O)=CC=CN21. The van der Waals surface area contributed by atoms with Gasteiger partial charge >= 0.3 is 0 Å². The summed E-state index contributed by atoms with van der Waals surface area (Å²) in [4.78, 5) is 1.83. The Hall–Kier alpha value is -1.52. The lowest BCUT2D eigenvalue weighted by atomic mass is 9.90. The van der Waals surface area contributed by atoms with Crippen LogP contribution in [0.3, 0.4) is 0 Å². The van der Waals surface area contributed by atoms with E-state index >= 15 is 0 Å². The topological polar surface area (TPSA) is 63.9 Å². The van der Waals surface area contributed by atoms with Crippen LogP contribution in [0.25, 0.3) is 0 Å². The number of hydrogen-bond donors (Lipinski definition) is 3. The molecule has 4 heteroatoms. The minimum atomic E-state index is -1.38. The molecule has 0 aromatic heterocycles. The zero-order chi connectivity index (χ0) is 15.2. The Morgan fingerprint density at radius 2 is 2.14 bits per heavy atom. The molecule has 0 spiro atoms. The number of fused-ring (bicyclic) bond motifs is 1. The van der Waals surface area contributed by atoms with E-state index in [1.54, 1.807) is 19.1 Å². The minimum Gasteiger partial charge on any atom is -0.510 e. The van der Waals surface area contributed by atoms with Gasteiger partial charge in [-0.15, -0.1) is 0 Å². The van der Waals surface area contributed by atoms with Crippen LogP contribution < -0.4 is 0 Å². The third kappa shape index (κ3) is 2.54. The minimum absolute atomic E-state index is 0.0867. The summed E-state index contributed by atoms with van der Waals surface area (Å²) < 4.78 is 0. The molecule has 1 saturated carbocycles. The Balaban J connectivity index is 1.86. The van der Waals surface area contributed by atoms with E-state index in [-0.39, 0.29) is 11.8 Å². The summed E-state index contributed by atoms with van der Waals surface area (Å²) in [6.07, 6.45) is 12.9. The van der Waals surface area contributed by atoms with Gasteiger partial charge in [-0.3, -0.25) is 0 Å². The molecule has 0 aromatic carbocycles. The number of nitrogens with zero attached hydrogens (tertiary/aromatic N) is 1. The lowest BCUT2D eigenvalue weighted by molar-refractivity contribution is -0.0514. The molecule has 2 fully saturated rings. The predicted octanol–water partition coefficient (Wildman–Crippen LogP) is 2.03. The summed E-state index contributed by atoms with van der Waals surface area (Å²) >= 11 is 0. The standard InChI is InChI=1S/C17H23NO3/c1-11(5-6-12-7-8-12)10-13-16(20)17(2,21)15-14(19)4-3-9-18(13)15/h3-6,9-10,12-13,15-16,19-21H,7-8H2,1-2H3/b6-5+,11-10+/t13-,15?,16-,17-/m0/s1. The Bertz CT molecular complexity index is 540. The summed E-state index contributed by atoms with van der Waals surface area (Å²) in [7, 11) is 0. The molecule has 4 nitrogen and oxygen atoms in total. The molecular weight excluding hydrogens is 266 g/mol. The molecule has 21 heavy (non-hydrogen) atoms. The number of aliphatic hydroxyl groups is 3. The Kier molecular flexibility index (Phi) is 3.46. The fourth-order valence-electron chi connectivity index (χ4n) is 3.19. The van der Waals surface area contributed by atoms with Crippen molar-refractivity contribution in [3.8, 4) is 0 Å². The molecule has 0 radical (unpaired) electrons. The Morgan fingerprint density at radius 3 is 2.81 bits per heavy atom. The fourth-order valence-corrected chi connectivity index (χ4v) is 3.19. The third-order valence-corrected chi connectivity index (χ3v) is 4.61. The van der Waals surface area contributed by atoms with Crippen molar-refractivity contribution in [2.45, 2.75) is 50.5 Å². The number of hydrogen-bond acceptors (Lipinski definition) is 4. The molecule has 4 atom stereocenters. The molecule has 2 heterocycles. The Labute approximate surface area is 125 Å². The van der Waals surface area contributed by atoms with Crippen LogP contribution in [0.15, 0.2) is 47.9 Å². The van der Waals surface area contributed by atoms with E-state index in [9.17, 15) is 15.3 Å². The van der Waals surface area contributed by atoms with Crippen molar-refractivity contribution in [3.63, 3.8) is 0 Å². The second-order valence-corrected chi connectivity index (χ2v) is 6.55. The molecule has 0 bridgehead atoms. The van der Waals surface area contributed by atoms with Crippen molar-refractivity contribution < 1.29 is 15.3 Å². The van der Waals surface area contributed by atoms with Crippen LogP contribution in [0, 0.1) is 5.92 Å². The van der Waals surface area contributed by atoms with E-state index < -0.39 is 17.7 Å². The highest BCUT2D eigenvalue weighted by Gasteiger charge is 2.56. The zero-order valence-corrected chi connectivity index (χ0v) is 12.5. The van der Waals surface area contributed by atoms with E-state index in [1.807, 2.05) is 24.1 Å². The van der Waals surface area contributed by atoms with Crippen LogP contribution in [0.2, 0.25) is 0 Å². The van der Waals surface area contributed by atoms with Gasteiger partial charge < -0.3 is 20.2 Å². The van der Waals surface area contributed by atoms with E-state index in [2.05, 4.69) is 12.2 Å². The zero-order valence-electron chi connectivity index (χ0n) is 12.5. The van der Waals surface area contributed by atoms with Crippen LogP contribution in [0.4, 0.5) is 0 Å². The summed E-state index contributed by atoms with van der Waals surface area (Å²) in [6, 6.07) is -0.945. The third-order valence-electron chi connectivity index (χ3n) is 4.61. The van der Waals surface area contributed by atoms with E-state index in [4.69, 9.17) is 0 Å². The predicted molar refractivity (Wildman–Crippen MR) is 81.5 cm³/mol. The van der Waals surface area contributed by atoms with Crippen molar-refractivity contribution in [3.05, 3.63) is 47.9 Å². The quantitative estimate of drug-likeness (QED) is 0.696. The van der Waals surface area contributed by atoms with Gasteiger partial charge in [0.15, 0.2) is 0 Å². The van der Waals surface area contributed by atoms with Crippen LogP contribution in [-0.2, 0) is 0 Å². The first-order valence-corrected chi connectivity index (χ1v) is 7.53. The highest BCUT2D eigenvalue weighted by molar-refractivity contribution is 5.33. The number of allylic oxidation sites excluding steroid dienone is 5. The van der Waals surface area contributed by atoms with Gasteiger partial charge in [0.1, 0.15) is 23.5 Å². The first-order chi connectivity index (χ1) is 9.91. The number of rotatable bonds is 3. The molecule has 1 aliphatic carbocycles.